The monoisotopic (exact) mass is 379 g/mol. The summed E-state index contributed by atoms with van der Waals surface area (Å²) in [6.07, 6.45) is 2.87. The lowest BCUT2D eigenvalue weighted by molar-refractivity contribution is -0.142. The van der Waals surface area contributed by atoms with E-state index in [0.717, 1.165) is 30.6 Å². The zero-order chi connectivity index (χ0) is 19.5. The number of carbonyl (C=O) groups excluding carboxylic acids is 2. The third-order valence-corrected chi connectivity index (χ3v) is 6.14. The van der Waals surface area contributed by atoms with Crippen LogP contribution in [0, 0.1) is 0 Å². The molecule has 2 aromatic rings. The van der Waals surface area contributed by atoms with E-state index in [0.29, 0.717) is 26.1 Å². The van der Waals surface area contributed by atoms with Crippen LogP contribution in [0.4, 0.5) is 0 Å². The molecule has 2 fully saturated rings. The van der Waals surface area contributed by atoms with Gasteiger partial charge in [0.15, 0.2) is 0 Å². The van der Waals surface area contributed by atoms with Crippen LogP contribution >= 0.6 is 0 Å². The van der Waals surface area contributed by atoms with Crippen molar-refractivity contribution in [3.05, 3.63) is 48.0 Å². The molecule has 0 bridgehead atoms. The molecule has 1 atom stereocenters. The standard InChI is InChI=1S/C23H29N3O2/c1-18(27)25-13-14-26(21(17-25)16-24-11-4-5-12-24)23(28)15-20-9-6-8-19-7-2-3-10-22(19)20/h2-3,6-10,21H,4-5,11-17H2,1H3. The molecule has 2 aliphatic rings. The van der Waals surface area contributed by atoms with Crippen LogP contribution in [0.3, 0.4) is 0 Å². The van der Waals surface area contributed by atoms with Crippen LogP contribution < -0.4 is 0 Å². The van der Waals surface area contributed by atoms with Crippen LogP contribution in [-0.4, -0.2) is 71.8 Å². The smallest absolute Gasteiger partial charge is 0.227 e. The van der Waals surface area contributed by atoms with E-state index in [-0.39, 0.29) is 17.9 Å². The average molecular weight is 380 g/mol. The Labute approximate surface area is 166 Å². The molecule has 148 valence electrons. The molecule has 0 spiro atoms. The summed E-state index contributed by atoms with van der Waals surface area (Å²) in [5, 5.41) is 2.32. The molecule has 0 aliphatic carbocycles. The fourth-order valence-electron chi connectivity index (χ4n) is 4.60. The molecular weight excluding hydrogens is 350 g/mol. The summed E-state index contributed by atoms with van der Waals surface area (Å²) >= 11 is 0. The number of hydrogen-bond acceptors (Lipinski definition) is 3. The Balaban J connectivity index is 1.52. The zero-order valence-corrected chi connectivity index (χ0v) is 16.6. The predicted molar refractivity (Wildman–Crippen MR) is 111 cm³/mol. The van der Waals surface area contributed by atoms with Crippen molar-refractivity contribution < 1.29 is 9.59 Å². The van der Waals surface area contributed by atoms with Gasteiger partial charge in [0.25, 0.3) is 0 Å². The van der Waals surface area contributed by atoms with Gasteiger partial charge < -0.3 is 14.7 Å². The highest BCUT2D eigenvalue weighted by atomic mass is 16.2. The van der Waals surface area contributed by atoms with E-state index in [1.165, 1.54) is 18.2 Å². The van der Waals surface area contributed by atoms with E-state index >= 15 is 0 Å². The lowest BCUT2D eigenvalue weighted by Gasteiger charge is -2.42. The first-order valence-electron chi connectivity index (χ1n) is 10.4. The molecule has 0 N–H and O–H groups in total. The third-order valence-electron chi connectivity index (χ3n) is 6.14. The number of rotatable bonds is 4. The van der Waals surface area contributed by atoms with Crippen molar-refractivity contribution >= 4 is 22.6 Å². The lowest BCUT2D eigenvalue weighted by atomic mass is 10.0. The second kappa shape index (κ2) is 8.31. The normalized spacial score (nSPS) is 20.7. The topological polar surface area (TPSA) is 43.9 Å². The molecule has 0 aromatic heterocycles. The molecule has 5 heteroatoms. The average Bonchev–Trinajstić information content (AvgIpc) is 3.21. The van der Waals surface area contributed by atoms with Crippen LogP contribution in [-0.2, 0) is 16.0 Å². The van der Waals surface area contributed by atoms with E-state index in [4.69, 9.17) is 0 Å². The number of piperazine rings is 1. The van der Waals surface area contributed by atoms with Crippen molar-refractivity contribution in [2.75, 3.05) is 39.3 Å². The minimum absolute atomic E-state index is 0.0817. The van der Waals surface area contributed by atoms with Crippen molar-refractivity contribution in [3.8, 4) is 0 Å². The van der Waals surface area contributed by atoms with Gasteiger partial charge in [-0.25, -0.2) is 0 Å². The molecular formula is C23H29N3O2. The van der Waals surface area contributed by atoms with E-state index in [1.54, 1.807) is 6.92 Å². The summed E-state index contributed by atoms with van der Waals surface area (Å²) in [5.41, 5.74) is 1.08. The summed E-state index contributed by atoms with van der Waals surface area (Å²) in [6, 6.07) is 14.5. The molecule has 4 rings (SSSR count). The second-order valence-electron chi connectivity index (χ2n) is 8.03. The Morgan fingerprint density at radius 2 is 1.71 bits per heavy atom. The number of likely N-dealkylation sites (tertiary alicyclic amines) is 1. The molecule has 0 saturated carbocycles. The minimum Gasteiger partial charge on any atom is -0.339 e. The first kappa shape index (κ1) is 18.9. The highest BCUT2D eigenvalue weighted by molar-refractivity contribution is 5.90. The van der Waals surface area contributed by atoms with Crippen molar-refractivity contribution in [1.29, 1.82) is 0 Å². The van der Waals surface area contributed by atoms with E-state index in [1.807, 2.05) is 28.0 Å². The van der Waals surface area contributed by atoms with Gasteiger partial charge in [0.2, 0.25) is 11.8 Å². The fraction of sp³-hybridized carbons (Fsp3) is 0.478. The summed E-state index contributed by atoms with van der Waals surface area (Å²) in [6.45, 7) is 6.59. The third kappa shape index (κ3) is 4.04. The molecule has 2 amide bonds. The van der Waals surface area contributed by atoms with Crippen molar-refractivity contribution in [2.45, 2.75) is 32.2 Å². The first-order valence-corrected chi connectivity index (χ1v) is 10.4. The van der Waals surface area contributed by atoms with Crippen LogP contribution in [0.15, 0.2) is 42.5 Å². The molecule has 0 radical (unpaired) electrons. The molecule has 2 aromatic carbocycles. The van der Waals surface area contributed by atoms with Gasteiger partial charge in [-0.15, -0.1) is 0 Å². The van der Waals surface area contributed by atoms with Crippen molar-refractivity contribution in [1.82, 2.24) is 14.7 Å². The fourth-order valence-corrected chi connectivity index (χ4v) is 4.60. The Morgan fingerprint density at radius 1 is 0.964 bits per heavy atom. The van der Waals surface area contributed by atoms with Gasteiger partial charge in [-0.1, -0.05) is 42.5 Å². The lowest BCUT2D eigenvalue weighted by Crippen LogP contribution is -2.59. The summed E-state index contributed by atoms with van der Waals surface area (Å²) in [4.78, 5) is 31.5. The highest BCUT2D eigenvalue weighted by Gasteiger charge is 2.33. The largest absolute Gasteiger partial charge is 0.339 e. The van der Waals surface area contributed by atoms with Crippen molar-refractivity contribution in [2.24, 2.45) is 0 Å². The molecule has 1 unspecified atom stereocenters. The number of carbonyl (C=O) groups is 2. The van der Waals surface area contributed by atoms with Gasteiger partial charge in [-0.2, -0.15) is 0 Å². The van der Waals surface area contributed by atoms with Crippen LogP contribution in [0.5, 0.6) is 0 Å². The maximum absolute atomic E-state index is 13.3. The predicted octanol–water partition coefficient (Wildman–Crippen LogP) is 2.54. The van der Waals surface area contributed by atoms with Gasteiger partial charge in [-0.05, 0) is 42.3 Å². The summed E-state index contributed by atoms with van der Waals surface area (Å²) in [5.74, 6) is 0.274. The highest BCUT2D eigenvalue weighted by Crippen LogP contribution is 2.21. The van der Waals surface area contributed by atoms with E-state index in [2.05, 4.69) is 29.2 Å². The summed E-state index contributed by atoms with van der Waals surface area (Å²) in [7, 11) is 0. The SMILES string of the molecule is CC(=O)N1CCN(C(=O)Cc2cccc3ccccc23)C(CN2CCCC2)C1. The molecule has 2 heterocycles. The van der Waals surface area contributed by atoms with Crippen LogP contribution in [0.2, 0.25) is 0 Å². The number of hydrogen-bond donors (Lipinski definition) is 0. The summed E-state index contributed by atoms with van der Waals surface area (Å²) < 4.78 is 0. The number of amides is 2. The van der Waals surface area contributed by atoms with Gasteiger partial charge in [0, 0.05) is 33.1 Å². The van der Waals surface area contributed by atoms with Crippen LogP contribution in [0.1, 0.15) is 25.3 Å². The minimum atomic E-state index is 0.0817. The van der Waals surface area contributed by atoms with Gasteiger partial charge >= 0.3 is 0 Å². The van der Waals surface area contributed by atoms with Crippen molar-refractivity contribution in [3.63, 3.8) is 0 Å². The number of benzene rings is 2. The Bertz CT molecular complexity index is 855. The molecule has 5 nitrogen and oxygen atoms in total. The maximum Gasteiger partial charge on any atom is 0.227 e. The molecule has 2 aliphatic heterocycles. The van der Waals surface area contributed by atoms with Crippen LogP contribution in [0.25, 0.3) is 10.8 Å². The molecule has 2 saturated heterocycles. The van der Waals surface area contributed by atoms with E-state index < -0.39 is 0 Å². The van der Waals surface area contributed by atoms with Gasteiger partial charge in [0.05, 0.1) is 12.5 Å². The number of nitrogens with zero attached hydrogens (tertiary/aromatic N) is 3. The first-order chi connectivity index (χ1) is 13.6. The Kier molecular flexibility index (Phi) is 5.62. The number of fused-ring (bicyclic) bond motifs is 1. The quantitative estimate of drug-likeness (QED) is 0.820. The Morgan fingerprint density at radius 3 is 2.50 bits per heavy atom. The second-order valence-corrected chi connectivity index (χ2v) is 8.03. The van der Waals surface area contributed by atoms with Gasteiger partial charge in [0.1, 0.15) is 0 Å². The Hall–Kier alpha value is -2.40. The maximum atomic E-state index is 13.3. The van der Waals surface area contributed by atoms with Gasteiger partial charge in [-0.3, -0.25) is 9.59 Å². The zero-order valence-electron chi connectivity index (χ0n) is 16.6. The van der Waals surface area contributed by atoms with E-state index in [9.17, 15) is 9.59 Å². The molecule has 28 heavy (non-hydrogen) atoms.